The van der Waals surface area contributed by atoms with Crippen LogP contribution in [0.3, 0.4) is 0 Å². The molecule has 1 unspecified atom stereocenters. The predicted octanol–water partition coefficient (Wildman–Crippen LogP) is 4.12. The van der Waals surface area contributed by atoms with Gasteiger partial charge in [-0.2, -0.15) is 13.2 Å². The van der Waals surface area contributed by atoms with E-state index < -0.39 is 47.7 Å². The monoisotopic (exact) mass is 376 g/mol. The molecule has 0 amide bonds. The van der Waals surface area contributed by atoms with E-state index in [0.29, 0.717) is 12.1 Å². The highest BCUT2D eigenvalue weighted by atomic mass is 19.4. The van der Waals surface area contributed by atoms with Gasteiger partial charge in [0.1, 0.15) is 5.82 Å². The third-order valence-electron chi connectivity index (χ3n) is 4.94. The summed E-state index contributed by atoms with van der Waals surface area (Å²) in [4.78, 5) is 11.8. The maximum absolute atomic E-state index is 14.4. The summed E-state index contributed by atoms with van der Waals surface area (Å²) in [5.41, 5.74) is -2.89. The van der Waals surface area contributed by atoms with Crippen LogP contribution >= 0.6 is 0 Å². The van der Waals surface area contributed by atoms with E-state index in [1.54, 1.807) is 27.7 Å². The first kappa shape index (κ1) is 20.7. The fourth-order valence-electron chi connectivity index (χ4n) is 2.67. The summed E-state index contributed by atoms with van der Waals surface area (Å²) in [5.74, 6) is -2.67. The SMILES string of the molecule is COC(=O)CC(B1OC(C)(C)C(C)(C)O1)c1cc(C(F)(F)F)ccc1F. The van der Waals surface area contributed by atoms with Crippen LogP contribution in [-0.2, 0) is 25.0 Å². The molecule has 1 saturated heterocycles. The molecule has 0 bridgehead atoms. The molecule has 1 aliphatic heterocycles. The lowest BCUT2D eigenvalue weighted by molar-refractivity contribution is -0.140. The van der Waals surface area contributed by atoms with Gasteiger partial charge in [-0.05, 0) is 51.5 Å². The Morgan fingerprint density at radius 1 is 1.19 bits per heavy atom. The van der Waals surface area contributed by atoms with Gasteiger partial charge in [0.05, 0.1) is 30.3 Å². The first-order valence-corrected chi connectivity index (χ1v) is 8.07. The minimum atomic E-state index is -4.64. The maximum Gasteiger partial charge on any atom is 0.466 e. The Hall–Kier alpha value is -1.61. The molecule has 2 rings (SSSR count). The smallest absolute Gasteiger partial charge is 0.466 e. The Morgan fingerprint density at radius 2 is 1.73 bits per heavy atom. The van der Waals surface area contributed by atoms with Crippen LogP contribution in [0.4, 0.5) is 17.6 Å². The van der Waals surface area contributed by atoms with Crippen molar-refractivity contribution in [2.24, 2.45) is 0 Å². The molecule has 0 saturated carbocycles. The van der Waals surface area contributed by atoms with E-state index in [4.69, 9.17) is 9.31 Å². The van der Waals surface area contributed by atoms with Gasteiger partial charge < -0.3 is 14.0 Å². The molecule has 0 N–H and O–H groups in total. The van der Waals surface area contributed by atoms with Gasteiger partial charge in [0, 0.05) is 5.82 Å². The van der Waals surface area contributed by atoms with Crippen molar-refractivity contribution in [1.82, 2.24) is 0 Å². The van der Waals surface area contributed by atoms with Gasteiger partial charge in [-0.25, -0.2) is 4.39 Å². The quantitative estimate of drug-likeness (QED) is 0.451. The second kappa shape index (κ2) is 6.85. The number of halogens is 4. The standard InChI is InChI=1S/C17H21BF4O4/c1-15(2)16(3,4)26-18(25-15)12(9-14(23)24-5)11-8-10(17(20,21)22)6-7-13(11)19/h6-8,12H,9H2,1-5H3. The summed E-state index contributed by atoms with van der Waals surface area (Å²) in [6.07, 6.45) is -5.03. The highest BCUT2D eigenvalue weighted by Gasteiger charge is 2.54. The minimum absolute atomic E-state index is 0.302. The lowest BCUT2D eigenvalue weighted by Crippen LogP contribution is -2.41. The summed E-state index contributed by atoms with van der Waals surface area (Å²) < 4.78 is 69.8. The van der Waals surface area contributed by atoms with Crippen LogP contribution in [0, 0.1) is 5.82 Å². The highest BCUT2D eigenvalue weighted by molar-refractivity contribution is 6.48. The van der Waals surface area contributed by atoms with Gasteiger partial charge in [-0.3, -0.25) is 4.79 Å². The van der Waals surface area contributed by atoms with Crippen molar-refractivity contribution in [2.75, 3.05) is 7.11 Å². The Balaban J connectivity index is 2.48. The van der Waals surface area contributed by atoms with Crippen molar-refractivity contribution >= 4 is 13.1 Å². The summed E-state index contributed by atoms with van der Waals surface area (Å²) in [6.45, 7) is 7.02. The molecule has 0 radical (unpaired) electrons. The number of methoxy groups -OCH3 is 1. The lowest BCUT2D eigenvalue weighted by atomic mass is 9.65. The first-order chi connectivity index (χ1) is 11.8. The Labute approximate surface area is 149 Å². The number of ether oxygens (including phenoxy) is 1. The summed E-state index contributed by atoms with van der Waals surface area (Å²) in [7, 11) is 0.0450. The third kappa shape index (κ3) is 4.04. The predicted molar refractivity (Wildman–Crippen MR) is 86.9 cm³/mol. The minimum Gasteiger partial charge on any atom is -0.469 e. The topological polar surface area (TPSA) is 44.8 Å². The molecular formula is C17H21BF4O4. The largest absolute Gasteiger partial charge is 0.469 e. The van der Waals surface area contributed by atoms with E-state index in [-0.39, 0.29) is 12.0 Å². The second-order valence-corrected chi connectivity index (χ2v) is 7.25. The molecular weight excluding hydrogens is 355 g/mol. The first-order valence-electron chi connectivity index (χ1n) is 8.07. The number of benzene rings is 1. The molecule has 1 heterocycles. The second-order valence-electron chi connectivity index (χ2n) is 7.25. The molecule has 9 heteroatoms. The molecule has 26 heavy (non-hydrogen) atoms. The number of alkyl halides is 3. The van der Waals surface area contributed by atoms with E-state index in [2.05, 4.69) is 4.74 Å². The fraction of sp³-hybridized carbons (Fsp3) is 0.588. The van der Waals surface area contributed by atoms with Crippen molar-refractivity contribution in [1.29, 1.82) is 0 Å². The van der Waals surface area contributed by atoms with Gasteiger partial charge >= 0.3 is 19.3 Å². The average Bonchev–Trinajstić information content (AvgIpc) is 2.72. The summed E-state index contributed by atoms with van der Waals surface area (Å²) in [6, 6.07) is 2.07. The van der Waals surface area contributed by atoms with Crippen LogP contribution in [0.2, 0.25) is 0 Å². The van der Waals surface area contributed by atoms with Gasteiger partial charge in [0.25, 0.3) is 0 Å². The van der Waals surface area contributed by atoms with E-state index >= 15 is 0 Å². The number of hydrogen-bond acceptors (Lipinski definition) is 4. The number of rotatable bonds is 4. The third-order valence-corrected chi connectivity index (χ3v) is 4.94. The van der Waals surface area contributed by atoms with Gasteiger partial charge in [0.15, 0.2) is 0 Å². The van der Waals surface area contributed by atoms with E-state index in [1.165, 1.54) is 0 Å². The van der Waals surface area contributed by atoms with Crippen LogP contribution in [-0.4, -0.2) is 31.4 Å². The van der Waals surface area contributed by atoms with Crippen molar-refractivity contribution in [2.45, 2.75) is 57.3 Å². The Bertz CT molecular complexity index is 672. The van der Waals surface area contributed by atoms with Crippen LogP contribution in [0.5, 0.6) is 0 Å². The Morgan fingerprint density at radius 3 is 2.19 bits per heavy atom. The zero-order valence-electron chi connectivity index (χ0n) is 15.2. The van der Waals surface area contributed by atoms with Crippen LogP contribution < -0.4 is 0 Å². The van der Waals surface area contributed by atoms with Crippen molar-refractivity contribution in [3.8, 4) is 0 Å². The van der Waals surface area contributed by atoms with Gasteiger partial charge in [-0.15, -0.1) is 0 Å². The summed E-state index contributed by atoms with van der Waals surface area (Å²) in [5, 5.41) is 0. The van der Waals surface area contributed by atoms with Crippen LogP contribution in [0.1, 0.15) is 51.1 Å². The van der Waals surface area contributed by atoms with Crippen molar-refractivity contribution < 1.29 is 36.4 Å². The molecule has 1 aromatic carbocycles. The van der Waals surface area contributed by atoms with Gasteiger partial charge in [-0.1, -0.05) is 0 Å². The van der Waals surface area contributed by atoms with Crippen LogP contribution in [0.15, 0.2) is 18.2 Å². The highest BCUT2D eigenvalue weighted by Crippen LogP contribution is 2.43. The zero-order chi connectivity index (χ0) is 19.9. The maximum atomic E-state index is 14.4. The zero-order valence-corrected chi connectivity index (χ0v) is 15.2. The normalized spacial score (nSPS) is 20.1. The van der Waals surface area contributed by atoms with E-state index in [9.17, 15) is 22.4 Å². The number of carbonyl (C=O) groups excluding carboxylic acids is 1. The molecule has 1 aliphatic rings. The average molecular weight is 376 g/mol. The summed E-state index contributed by atoms with van der Waals surface area (Å²) >= 11 is 0. The van der Waals surface area contributed by atoms with Crippen LogP contribution in [0.25, 0.3) is 0 Å². The molecule has 0 spiro atoms. The van der Waals surface area contributed by atoms with Crippen molar-refractivity contribution in [3.63, 3.8) is 0 Å². The van der Waals surface area contributed by atoms with Gasteiger partial charge in [0.2, 0.25) is 0 Å². The molecule has 1 atom stereocenters. The number of carbonyl (C=O) groups is 1. The molecule has 0 aromatic heterocycles. The van der Waals surface area contributed by atoms with Crippen molar-refractivity contribution in [3.05, 3.63) is 35.1 Å². The number of esters is 1. The lowest BCUT2D eigenvalue weighted by Gasteiger charge is -2.32. The van der Waals surface area contributed by atoms with E-state index in [1.807, 2.05) is 0 Å². The Kier molecular flexibility index (Phi) is 5.45. The molecule has 1 aromatic rings. The molecule has 0 aliphatic carbocycles. The molecule has 4 nitrogen and oxygen atoms in total. The number of hydrogen-bond donors (Lipinski definition) is 0. The van der Waals surface area contributed by atoms with E-state index in [0.717, 1.165) is 13.2 Å². The fourth-order valence-corrected chi connectivity index (χ4v) is 2.67. The molecule has 144 valence electrons. The molecule has 1 fully saturated rings.